The lowest BCUT2D eigenvalue weighted by atomic mass is 9.73. The average Bonchev–Trinajstić information content (AvgIpc) is 3.03. The van der Waals surface area contributed by atoms with Crippen LogP contribution in [0.2, 0.25) is 0 Å². The lowest BCUT2D eigenvalue weighted by Crippen LogP contribution is -2.54. The highest BCUT2D eigenvalue weighted by Crippen LogP contribution is 2.57. The molecule has 26 heteroatoms. The molecule has 0 fully saturated rings. The van der Waals surface area contributed by atoms with E-state index in [9.17, 15) is 93.1 Å². The predicted octanol–water partition coefficient (Wildman–Crippen LogP) is 10.4. The summed E-state index contributed by atoms with van der Waals surface area (Å²) >= 11 is 0. The minimum Gasteiger partial charge on any atom is -0.444 e. The Morgan fingerprint density at radius 3 is 0.818 bits per heavy atom. The molecule has 4 rings (SSSR count). The van der Waals surface area contributed by atoms with Crippen molar-refractivity contribution in [3.05, 3.63) is 136 Å². The lowest BCUT2D eigenvalue weighted by molar-refractivity contribution is -0.396. The van der Waals surface area contributed by atoms with Crippen molar-refractivity contribution in [3.63, 3.8) is 0 Å². The van der Waals surface area contributed by atoms with Gasteiger partial charge in [-0.1, -0.05) is 24.3 Å². The summed E-state index contributed by atoms with van der Waals surface area (Å²) < 4.78 is 177. The van der Waals surface area contributed by atoms with Crippen molar-refractivity contribution in [3.8, 4) is 23.0 Å². The molecule has 4 aromatic rings. The van der Waals surface area contributed by atoms with Gasteiger partial charge in [0, 0.05) is 24.3 Å². The first-order valence-corrected chi connectivity index (χ1v) is 13.9. The number of ether oxygens (including phenoxy) is 2. The highest BCUT2D eigenvalue weighted by Gasteiger charge is 2.72. The molecule has 0 radical (unpaired) electrons. The van der Waals surface area contributed by atoms with Gasteiger partial charge in [0.05, 0.1) is 30.8 Å². The number of benzene rings is 4. The van der Waals surface area contributed by atoms with Crippen LogP contribution in [0.25, 0.3) is 0 Å². The van der Waals surface area contributed by atoms with E-state index in [4.69, 9.17) is 9.47 Å². The van der Waals surface area contributed by atoms with Crippen molar-refractivity contribution in [2.24, 2.45) is 0 Å². The number of hydrogen-bond donors (Lipinski definition) is 0. The van der Waals surface area contributed by atoms with E-state index in [2.05, 4.69) is 0 Å². The van der Waals surface area contributed by atoms with Crippen LogP contribution in [0, 0.1) is 40.5 Å². The number of nitrogens with zero attached hydrogens (tertiary/aromatic N) is 4. The highest BCUT2D eigenvalue weighted by molar-refractivity contribution is 5.65. The van der Waals surface area contributed by atoms with Crippen molar-refractivity contribution in [1.29, 1.82) is 0 Å². The number of nitro benzene ring substituents is 4. The fourth-order valence-corrected chi connectivity index (χ4v) is 5.04. The van der Waals surface area contributed by atoms with E-state index < -0.39 is 118 Å². The molecular formula is C29H12F12N4O10. The largest absolute Gasteiger partial charge is 0.444 e. The number of halogens is 12. The molecule has 0 amide bonds. The second-order valence-corrected chi connectivity index (χ2v) is 10.7. The third-order valence-corrected chi connectivity index (χ3v) is 7.41. The monoisotopic (exact) mass is 804 g/mol. The number of alkyl halides is 12. The summed E-state index contributed by atoms with van der Waals surface area (Å²) in [6.45, 7) is 0. The first-order valence-electron chi connectivity index (χ1n) is 13.9. The van der Waals surface area contributed by atoms with Crippen LogP contribution < -0.4 is 9.47 Å². The molecule has 14 nitrogen and oxygen atoms in total. The van der Waals surface area contributed by atoms with Gasteiger partial charge in [-0.15, -0.1) is 0 Å². The van der Waals surface area contributed by atoms with Gasteiger partial charge in [0.2, 0.25) is 5.41 Å². The van der Waals surface area contributed by atoms with Gasteiger partial charge >= 0.3 is 47.5 Å². The SMILES string of the molecule is O=[N+]([O-])c1cc(C(F)(F)F)cc([N+](=O)[O-])c1Oc1ccc(C(c2ccc(Oc3c([N+](=O)[O-])cc(C(F)(F)F)cc3[N+](=O)[O-])cc2)(C(F)(F)F)C(F)(F)F)cc1. The number of hydrogen-bond acceptors (Lipinski definition) is 10. The van der Waals surface area contributed by atoms with E-state index in [0.29, 0.717) is 24.3 Å². The Labute approximate surface area is 293 Å². The van der Waals surface area contributed by atoms with Crippen molar-refractivity contribution < 1.29 is 81.9 Å². The molecule has 0 heterocycles. The minimum absolute atomic E-state index is 0.109. The van der Waals surface area contributed by atoms with Crippen molar-refractivity contribution in [1.82, 2.24) is 0 Å². The van der Waals surface area contributed by atoms with Crippen LogP contribution in [0.15, 0.2) is 72.8 Å². The Morgan fingerprint density at radius 2 is 0.636 bits per heavy atom. The van der Waals surface area contributed by atoms with Crippen molar-refractivity contribution in [2.45, 2.75) is 30.1 Å². The van der Waals surface area contributed by atoms with Crippen molar-refractivity contribution in [2.75, 3.05) is 0 Å². The van der Waals surface area contributed by atoms with Gasteiger partial charge in [-0.3, -0.25) is 40.5 Å². The fraction of sp³-hybridized carbons (Fsp3) is 0.172. The zero-order chi connectivity index (χ0) is 41.6. The maximum atomic E-state index is 14.7. The molecule has 0 bridgehead atoms. The smallest absolute Gasteiger partial charge is 0.416 e. The molecule has 0 aliphatic heterocycles. The maximum absolute atomic E-state index is 14.7. The van der Waals surface area contributed by atoms with Crippen LogP contribution in [-0.4, -0.2) is 32.0 Å². The minimum atomic E-state index is -6.31. The van der Waals surface area contributed by atoms with Crippen LogP contribution in [0.3, 0.4) is 0 Å². The zero-order valence-corrected chi connectivity index (χ0v) is 25.8. The molecule has 0 atom stereocenters. The van der Waals surface area contributed by atoms with Gasteiger partial charge in [0.15, 0.2) is 0 Å². The van der Waals surface area contributed by atoms with E-state index in [-0.39, 0.29) is 48.5 Å². The summed E-state index contributed by atoms with van der Waals surface area (Å²) in [5, 5.41) is 45.9. The molecule has 0 aliphatic rings. The van der Waals surface area contributed by atoms with Crippen LogP contribution >= 0.6 is 0 Å². The number of rotatable bonds is 10. The van der Waals surface area contributed by atoms with Crippen molar-refractivity contribution >= 4 is 22.7 Å². The summed E-state index contributed by atoms with van der Waals surface area (Å²) in [4.78, 5) is 39.8. The van der Waals surface area contributed by atoms with Crippen LogP contribution in [0.5, 0.6) is 23.0 Å². The van der Waals surface area contributed by atoms with E-state index >= 15 is 0 Å². The molecule has 0 saturated heterocycles. The van der Waals surface area contributed by atoms with Gasteiger partial charge in [-0.2, -0.15) is 52.7 Å². The molecule has 0 aliphatic carbocycles. The van der Waals surface area contributed by atoms with Gasteiger partial charge in [-0.05, 0) is 35.4 Å². The molecule has 0 spiro atoms. The first-order chi connectivity index (χ1) is 25.1. The quantitative estimate of drug-likeness (QED) is 0.0846. The number of nitro groups is 4. The maximum Gasteiger partial charge on any atom is 0.416 e. The molecular weight excluding hydrogens is 792 g/mol. The lowest BCUT2D eigenvalue weighted by Gasteiger charge is -2.38. The first kappa shape index (κ1) is 41.0. The molecule has 0 unspecified atom stereocenters. The van der Waals surface area contributed by atoms with E-state index in [1.54, 1.807) is 0 Å². The topological polar surface area (TPSA) is 191 Å². The Bertz CT molecular complexity index is 1960. The molecule has 55 heavy (non-hydrogen) atoms. The summed E-state index contributed by atoms with van der Waals surface area (Å²) in [6, 6.07) is 1.00. The summed E-state index contributed by atoms with van der Waals surface area (Å²) in [6.07, 6.45) is -23.3. The fourth-order valence-electron chi connectivity index (χ4n) is 5.04. The Morgan fingerprint density at radius 1 is 0.400 bits per heavy atom. The van der Waals surface area contributed by atoms with Gasteiger partial charge < -0.3 is 9.47 Å². The molecule has 292 valence electrons. The van der Waals surface area contributed by atoms with Crippen LogP contribution in [0.1, 0.15) is 22.3 Å². The summed E-state index contributed by atoms with van der Waals surface area (Å²) in [7, 11) is 0. The Hall–Kier alpha value is -6.76. The van der Waals surface area contributed by atoms with E-state index in [1.807, 2.05) is 0 Å². The second kappa shape index (κ2) is 13.9. The molecule has 0 saturated carbocycles. The zero-order valence-electron chi connectivity index (χ0n) is 25.8. The van der Waals surface area contributed by atoms with Gasteiger partial charge in [0.1, 0.15) is 11.5 Å². The predicted molar refractivity (Wildman–Crippen MR) is 155 cm³/mol. The van der Waals surface area contributed by atoms with Crippen LogP contribution in [0.4, 0.5) is 75.4 Å². The molecule has 0 aromatic heterocycles. The average molecular weight is 804 g/mol. The Balaban J connectivity index is 1.83. The summed E-state index contributed by atoms with van der Waals surface area (Å²) in [5.74, 6) is -4.82. The third kappa shape index (κ3) is 7.81. The van der Waals surface area contributed by atoms with E-state index in [1.165, 1.54) is 0 Å². The normalized spacial score (nSPS) is 12.6. The molecule has 4 aromatic carbocycles. The third-order valence-electron chi connectivity index (χ3n) is 7.41. The van der Waals surface area contributed by atoms with E-state index in [0.717, 1.165) is 0 Å². The Kier molecular flexibility index (Phi) is 10.4. The summed E-state index contributed by atoms with van der Waals surface area (Å²) in [5.41, 5.74) is -18.7. The highest BCUT2D eigenvalue weighted by atomic mass is 19.4. The molecule has 0 N–H and O–H groups in total. The standard InChI is InChI=1S/C29H12F12N4O10/c30-26(31,32)15-9-19(42(46)47)23(20(10-15)43(48)49)54-17-5-1-13(2-6-17)25(28(36,37)38,29(39,40)41)14-3-7-18(8-4-14)55-24-21(44(50)51)11-16(27(33,34)35)12-22(24)45(52)53/h1-12H. The van der Waals surface area contributed by atoms with Gasteiger partial charge in [-0.25, -0.2) is 0 Å². The van der Waals surface area contributed by atoms with Gasteiger partial charge in [0.25, 0.3) is 11.5 Å². The second-order valence-electron chi connectivity index (χ2n) is 10.7. The van der Waals surface area contributed by atoms with Crippen LogP contribution in [-0.2, 0) is 17.8 Å².